The van der Waals surface area contributed by atoms with Crippen molar-refractivity contribution in [3.63, 3.8) is 0 Å². The number of para-hydroxylation sites is 1. The number of rotatable bonds is 8. The smallest absolute Gasteiger partial charge is 0.0408 e. The predicted octanol–water partition coefficient (Wildman–Crippen LogP) is 5.37. The Kier molecular flexibility index (Phi) is 6.90. The Labute approximate surface area is 159 Å². The highest BCUT2D eigenvalue weighted by Gasteiger charge is 2.23. The molecule has 0 radical (unpaired) electrons. The van der Waals surface area contributed by atoms with Crippen LogP contribution in [0.15, 0.2) is 72.9 Å². The molecule has 0 spiro atoms. The van der Waals surface area contributed by atoms with E-state index in [4.69, 9.17) is 0 Å². The first-order valence-corrected chi connectivity index (χ1v) is 10.0. The summed E-state index contributed by atoms with van der Waals surface area (Å²) in [6.07, 6.45) is 4.78. The Morgan fingerprint density at radius 3 is 2.46 bits per heavy atom. The second-order valence-electron chi connectivity index (χ2n) is 7.41. The number of allylic oxidation sites excluding steroid dienone is 1. The van der Waals surface area contributed by atoms with Crippen LogP contribution in [-0.4, -0.2) is 31.1 Å². The molecule has 1 fully saturated rings. The fraction of sp³-hybridized carbons (Fsp3) is 0.417. The van der Waals surface area contributed by atoms with E-state index in [1.165, 1.54) is 49.4 Å². The average Bonchev–Trinajstić information content (AvgIpc) is 2.72. The van der Waals surface area contributed by atoms with Gasteiger partial charge in [0.15, 0.2) is 0 Å². The Morgan fingerprint density at radius 1 is 1.08 bits per heavy atom. The molecule has 26 heavy (non-hydrogen) atoms. The monoisotopic (exact) mass is 348 g/mol. The van der Waals surface area contributed by atoms with Crippen molar-refractivity contribution in [2.75, 3.05) is 31.1 Å². The van der Waals surface area contributed by atoms with Crippen molar-refractivity contribution in [3.05, 3.63) is 78.5 Å². The molecule has 1 unspecified atom stereocenters. The first kappa shape index (κ1) is 18.7. The van der Waals surface area contributed by atoms with Crippen LogP contribution in [0.4, 0.5) is 5.69 Å². The molecule has 3 rings (SSSR count). The van der Waals surface area contributed by atoms with Gasteiger partial charge >= 0.3 is 0 Å². The second kappa shape index (κ2) is 9.59. The summed E-state index contributed by atoms with van der Waals surface area (Å²) in [5.74, 6) is 0.711. The maximum atomic E-state index is 4.32. The van der Waals surface area contributed by atoms with E-state index in [1.807, 2.05) is 0 Å². The number of piperidine rings is 1. The van der Waals surface area contributed by atoms with E-state index in [0.717, 1.165) is 19.4 Å². The molecule has 138 valence electrons. The molecular formula is C24H32N2. The molecule has 1 aliphatic heterocycles. The van der Waals surface area contributed by atoms with Crippen molar-refractivity contribution in [3.8, 4) is 0 Å². The summed E-state index contributed by atoms with van der Waals surface area (Å²) < 4.78 is 0. The van der Waals surface area contributed by atoms with Gasteiger partial charge in [0.2, 0.25) is 0 Å². The summed E-state index contributed by atoms with van der Waals surface area (Å²) in [4.78, 5) is 5.09. The van der Waals surface area contributed by atoms with E-state index in [9.17, 15) is 0 Å². The third kappa shape index (κ3) is 5.22. The molecule has 0 saturated carbocycles. The molecule has 0 N–H and O–H groups in total. The minimum absolute atomic E-state index is 0.711. The first-order chi connectivity index (χ1) is 12.8. The van der Waals surface area contributed by atoms with Crippen molar-refractivity contribution < 1.29 is 0 Å². The molecule has 2 heteroatoms. The molecule has 1 saturated heterocycles. The molecule has 2 aromatic carbocycles. The highest BCUT2D eigenvalue weighted by molar-refractivity contribution is 5.51. The summed E-state index contributed by atoms with van der Waals surface area (Å²) in [5.41, 5.74) is 3.94. The van der Waals surface area contributed by atoms with Gasteiger partial charge in [-0.05, 0) is 55.8 Å². The van der Waals surface area contributed by atoms with Crippen molar-refractivity contribution >= 4 is 5.69 Å². The molecule has 1 atom stereocenters. The van der Waals surface area contributed by atoms with E-state index in [1.54, 1.807) is 0 Å². The fourth-order valence-electron chi connectivity index (χ4n) is 3.91. The van der Waals surface area contributed by atoms with Crippen LogP contribution in [0.1, 0.15) is 31.7 Å². The van der Waals surface area contributed by atoms with E-state index < -0.39 is 0 Å². The zero-order valence-corrected chi connectivity index (χ0v) is 16.1. The molecule has 0 aromatic heterocycles. The summed E-state index contributed by atoms with van der Waals surface area (Å²) in [7, 11) is 0. The van der Waals surface area contributed by atoms with Crippen LogP contribution in [0.2, 0.25) is 0 Å². The normalized spacial score (nSPS) is 17.8. The lowest BCUT2D eigenvalue weighted by atomic mass is 9.96. The van der Waals surface area contributed by atoms with Crippen LogP contribution in [0.25, 0.3) is 0 Å². The van der Waals surface area contributed by atoms with E-state index in [-0.39, 0.29) is 0 Å². The van der Waals surface area contributed by atoms with Gasteiger partial charge in [-0.25, -0.2) is 0 Å². The maximum Gasteiger partial charge on any atom is 0.0408 e. The Balaban J connectivity index is 1.58. The zero-order chi connectivity index (χ0) is 18.2. The fourth-order valence-corrected chi connectivity index (χ4v) is 3.91. The van der Waals surface area contributed by atoms with E-state index >= 15 is 0 Å². The lowest BCUT2D eigenvalue weighted by Crippen LogP contribution is -2.41. The second-order valence-corrected chi connectivity index (χ2v) is 7.41. The van der Waals surface area contributed by atoms with E-state index in [2.05, 4.69) is 84.0 Å². The number of hydrogen-bond acceptors (Lipinski definition) is 2. The number of anilines is 1. The standard InChI is InChI=1S/C24H32N2/c1-3-21(2)26(24-14-8-5-9-15-24)20-23-13-10-17-25(19-23)18-16-22-11-6-4-7-12-22/h4-9,11-12,14-15,23H,2-3,10,13,16-20H2,1H3. The van der Waals surface area contributed by atoms with Gasteiger partial charge in [0.05, 0.1) is 0 Å². The van der Waals surface area contributed by atoms with Gasteiger partial charge in [0, 0.05) is 31.0 Å². The Morgan fingerprint density at radius 2 is 1.77 bits per heavy atom. The molecular weight excluding hydrogens is 316 g/mol. The topological polar surface area (TPSA) is 6.48 Å². The van der Waals surface area contributed by atoms with E-state index in [0.29, 0.717) is 5.92 Å². The predicted molar refractivity (Wildman–Crippen MR) is 113 cm³/mol. The highest BCUT2D eigenvalue weighted by atomic mass is 15.2. The quantitative estimate of drug-likeness (QED) is 0.632. The molecule has 0 aliphatic carbocycles. The van der Waals surface area contributed by atoms with Gasteiger partial charge in [0.1, 0.15) is 0 Å². The van der Waals surface area contributed by atoms with Crippen molar-refractivity contribution in [1.29, 1.82) is 0 Å². The Bertz CT molecular complexity index is 665. The highest BCUT2D eigenvalue weighted by Crippen LogP contribution is 2.25. The lowest BCUT2D eigenvalue weighted by Gasteiger charge is -2.37. The minimum atomic E-state index is 0.711. The van der Waals surface area contributed by atoms with Gasteiger partial charge in [-0.15, -0.1) is 0 Å². The summed E-state index contributed by atoms with van der Waals surface area (Å²) >= 11 is 0. The molecule has 2 aromatic rings. The van der Waals surface area contributed by atoms with Gasteiger partial charge < -0.3 is 9.80 Å². The lowest BCUT2D eigenvalue weighted by molar-refractivity contribution is 0.179. The molecule has 0 bridgehead atoms. The number of hydrogen-bond donors (Lipinski definition) is 0. The van der Waals surface area contributed by atoms with Gasteiger partial charge in [-0.3, -0.25) is 0 Å². The molecule has 0 amide bonds. The molecule has 2 nitrogen and oxygen atoms in total. The Hall–Kier alpha value is -2.06. The largest absolute Gasteiger partial charge is 0.345 e. The maximum absolute atomic E-state index is 4.32. The van der Waals surface area contributed by atoms with Gasteiger partial charge in [-0.1, -0.05) is 62.0 Å². The minimum Gasteiger partial charge on any atom is -0.345 e. The van der Waals surface area contributed by atoms with Crippen molar-refractivity contribution in [1.82, 2.24) is 4.90 Å². The van der Waals surface area contributed by atoms with Gasteiger partial charge in [0.25, 0.3) is 0 Å². The van der Waals surface area contributed by atoms with Crippen molar-refractivity contribution in [2.45, 2.75) is 32.6 Å². The van der Waals surface area contributed by atoms with Crippen LogP contribution < -0.4 is 4.90 Å². The summed E-state index contributed by atoms with van der Waals surface area (Å²) in [6.45, 7) is 11.2. The van der Waals surface area contributed by atoms with Crippen LogP contribution >= 0.6 is 0 Å². The molecule has 1 aliphatic rings. The number of likely N-dealkylation sites (tertiary alicyclic amines) is 1. The third-order valence-corrected chi connectivity index (χ3v) is 5.46. The number of benzene rings is 2. The molecule has 1 heterocycles. The van der Waals surface area contributed by atoms with Crippen LogP contribution in [0, 0.1) is 5.92 Å². The average molecular weight is 349 g/mol. The van der Waals surface area contributed by atoms with Crippen LogP contribution in [0.3, 0.4) is 0 Å². The summed E-state index contributed by atoms with van der Waals surface area (Å²) in [5, 5.41) is 0. The van der Waals surface area contributed by atoms with Crippen molar-refractivity contribution in [2.24, 2.45) is 5.92 Å². The first-order valence-electron chi connectivity index (χ1n) is 10.0. The SMILES string of the molecule is C=C(CC)N(CC1CCCN(CCc2ccccc2)C1)c1ccccc1. The summed E-state index contributed by atoms with van der Waals surface area (Å²) in [6, 6.07) is 21.6. The zero-order valence-electron chi connectivity index (χ0n) is 16.1. The third-order valence-electron chi connectivity index (χ3n) is 5.46. The number of nitrogens with zero attached hydrogens (tertiary/aromatic N) is 2. The van der Waals surface area contributed by atoms with Crippen LogP contribution in [0.5, 0.6) is 0 Å². The van der Waals surface area contributed by atoms with Gasteiger partial charge in [-0.2, -0.15) is 0 Å². The van der Waals surface area contributed by atoms with Crippen LogP contribution in [-0.2, 0) is 6.42 Å².